The van der Waals surface area contributed by atoms with Crippen LogP contribution < -0.4 is 0 Å². The molecule has 0 fully saturated rings. The Bertz CT molecular complexity index is 584. The summed E-state index contributed by atoms with van der Waals surface area (Å²) >= 11 is -4.02. The number of aliphatic hydroxyl groups is 1. The van der Waals surface area contributed by atoms with Crippen LogP contribution in [-0.2, 0) is 14.3 Å². The van der Waals surface area contributed by atoms with E-state index in [0.29, 0.717) is 0 Å². The molecule has 0 radical (unpaired) electrons. The van der Waals surface area contributed by atoms with Crippen LogP contribution in [0, 0.1) is 0 Å². The minimum atomic E-state index is -3.30. The summed E-state index contributed by atoms with van der Waals surface area (Å²) in [6.07, 6.45) is 15.5. The van der Waals surface area contributed by atoms with Gasteiger partial charge in [0.1, 0.15) is 0 Å². The van der Waals surface area contributed by atoms with Crippen molar-refractivity contribution in [1.29, 1.82) is 0 Å². The van der Waals surface area contributed by atoms with Gasteiger partial charge in [-0.25, -0.2) is 0 Å². The van der Waals surface area contributed by atoms with Gasteiger partial charge in [0.25, 0.3) is 0 Å². The summed E-state index contributed by atoms with van der Waals surface area (Å²) in [5.41, 5.74) is 0. The van der Waals surface area contributed by atoms with Crippen molar-refractivity contribution in [3.63, 3.8) is 0 Å². The molecule has 34 heavy (non-hydrogen) atoms. The smallest absolute Gasteiger partial charge is 0.153 e. The number of hydrogen-bond acceptors (Lipinski definition) is 4. The van der Waals surface area contributed by atoms with Crippen molar-refractivity contribution in [3.8, 4) is 0 Å². The van der Waals surface area contributed by atoms with E-state index in [2.05, 4.69) is 45.8 Å². The van der Waals surface area contributed by atoms with Gasteiger partial charge in [-0.1, -0.05) is 0 Å². The van der Waals surface area contributed by atoms with Crippen LogP contribution in [0.15, 0.2) is 20.3 Å². The monoisotopic (exact) mass is 758 g/mol. The second kappa shape index (κ2) is 26.4. The molecule has 0 amide bonds. The summed E-state index contributed by atoms with van der Waals surface area (Å²) in [6, 6.07) is 0. The predicted octanol–water partition coefficient (Wildman–Crippen LogP) is 7.61. The van der Waals surface area contributed by atoms with Crippen LogP contribution in [0.5, 0.6) is 0 Å². The van der Waals surface area contributed by atoms with Crippen LogP contribution >= 0.6 is 19.8 Å². The Labute approximate surface area is 229 Å². The Morgan fingerprint density at radius 3 is 1.29 bits per heavy atom. The molecule has 208 valence electrons. The minimum Gasteiger partial charge on any atom is -0.153 e. The standard InChI is InChI=1S/C4H7O3S.4C4H9.C3H5O.2CH3.2H3P.2Sn/c1-3-4-7-8(2,5)6;4*1-3-4-2;1-2-3-4;;;;;;/h1,3H,4H2,2H3;4*1,3-4H2,2H3;1-2,4H,3H2;4*1H3;;. The SMILES string of the molecule is CCC[CH2][Sn]([CH3])(/[CH]=C/CO)[CH2]CCC.CCC[CH2][Sn]([CH3])(/[CH]=C/COS(C)(=O)=O)[CH2]CCC.P.P. The number of hydrogen-bond donors (Lipinski definition) is 1. The predicted molar refractivity (Wildman–Crippen MR) is 170 cm³/mol. The van der Waals surface area contributed by atoms with Gasteiger partial charge >= 0.3 is 211 Å². The van der Waals surface area contributed by atoms with Gasteiger partial charge in [0.15, 0.2) is 0 Å². The van der Waals surface area contributed by atoms with E-state index in [9.17, 15) is 8.42 Å². The largest absolute Gasteiger partial charge is 0.153 e. The maximum atomic E-state index is 10.9. The van der Waals surface area contributed by atoms with E-state index in [1.807, 2.05) is 12.2 Å². The summed E-state index contributed by atoms with van der Waals surface area (Å²) in [6.45, 7) is 9.41. The molecular weight excluding hydrogens is 696 g/mol. The average molecular weight is 756 g/mol. The summed E-state index contributed by atoms with van der Waals surface area (Å²) < 4.78 is 36.9. The Morgan fingerprint density at radius 2 is 1.03 bits per heavy atom. The van der Waals surface area contributed by atoms with Crippen LogP contribution in [0.4, 0.5) is 0 Å². The van der Waals surface area contributed by atoms with Crippen LogP contribution in [0.2, 0.25) is 27.6 Å². The molecule has 0 spiro atoms. The minimum absolute atomic E-state index is 0. The van der Waals surface area contributed by atoms with Gasteiger partial charge in [-0.3, -0.25) is 0 Å². The Kier molecular flexibility index (Phi) is 33.3. The van der Waals surface area contributed by atoms with E-state index in [0.717, 1.165) is 6.26 Å². The third-order valence-corrected chi connectivity index (χ3v) is 29.5. The zero-order valence-corrected chi connectivity index (χ0v) is 33.1. The molecule has 0 heterocycles. The third-order valence-electron chi connectivity index (χ3n) is 5.93. The Morgan fingerprint density at radius 1 is 0.706 bits per heavy atom. The zero-order valence-electron chi connectivity index (χ0n) is 23.7. The summed E-state index contributed by atoms with van der Waals surface area (Å²) in [5.74, 6) is 0. The van der Waals surface area contributed by atoms with Crippen molar-refractivity contribution in [3.05, 3.63) is 20.3 Å². The Balaban J connectivity index is -0.000000257. The molecule has 0 rings (SSSR count). The van der Waals surface area contributed by atoms with Gasteiger partial charge < -0.3 is 0 Å². The maximum Gasteiger partial charge on any atom is -0.153 e. The van der Waals surface area contributed by atoms with Crippen LogP contribution in [-0.4, -0.2) is 69.7 Å². The molecule has 0 aliphatic carbocycles. The van der Waals surface area contributed by atoms with Crippen molar-refractivity contribution in [2.75, 3.05) is 19.5 Å². The van der Waals surface area contributed by atoms with Crippen molar-refractivity contribution < 1.29 is 17.7 Å². The van der Waals surface area contributed by atoms with Crippen molar-refractivity contribution in [2.45, 2.75) is 107 Å². The van der Waals surface area contributed by atoms with E-state index in [1.54, 1.807) is 0 Å². The first-order valence-electron chi connectivity index (χ1n) is 12.8. The molecule has 4 nitrogen and oxygen atoms in total. The molecule has 9 heteroatoms. The van der Waals surface area contributed by atoms with Gasteiger partial charge in [0.05, 0.1) is 0 Å². The quantitative estimate of drug-likeness (QED) is 0.0890. The van der Waals surface area contributed by atoms with Crippen LogP contribution in [0.3, 0.4) is 0 Å². The fraction of sp³-hybridized carbons (Fsp3) is 0.840. The van der Waals surface area contributed by atoms with E-state index < -0.39 is 46.9 Å². The van der Waals surface area contributed by atoms with Gasteiger partial charge in [-0.2, -0.15) is 19.8 Å². The van der Waals surface area contributed by atoms with Crippen molar-refractivity contribution in [1.82, 2.24) is 0 Å². The van der Waals surface area contributed by atoms with Gasteiger partial charge in [0.2, 0.25) is 0 Å². The van der Waals surface area contributed by atoms with Gasteiger partial charge in [0, 0.05) is 0 Å². The first kappa shape index (κ1) is 42.9. The summed E-state index contributed by atoms with van der Waals surface area (Å²) in [7, 11) is -3.30. The first-order chi connectivity index (χ1) is 15.0. The van der Waals surface area contributed by atoms with Gasteiger partial charge in [-0.05, 0) is 0 Å². The number of aliphatic hydroxyl groups excluding tert-OH is 1. The second-order valence-corrected chi connectivity index (χ2v) is 37.8. The third kappa shape index (κ3) is 28.4. The maximum absolute atomic E-state index is 10.9. The fourth-order valence-corrected chi connectivity index (χ4v) is 24.5. The van der Waals surface area contributed by atoms with Crippen LogP contribution in [0.1, 0.15) is 79.1 Å². The van der Waals surface area contributed by atoms with E-state index in [1.165, 1.54) is 69.1 Å². The topological polar surface area (TPSA) is 63.6 Å². The van der Waals surface area contributed by atoms with Crippen molar-refractivity contribution in [2.24, 2.45) is 0 Å². The molecule has 1 N–H and O–H groups in total. The molecule has 0 saturated heterocycles. The molecule has 0 aromatic carbocycles. The number of unbranched alkanes of at least 4 members (excludes halogenated alkanes) is 4. The zero-order chi connectivity index (χ0) is 24.9. The molecule has 2 unspecified atom stereocenters. The number of rotatable bonds is 18. The van der Waals surface area contributed by atoms with E-state index in [-0.39, 0.29) is 33.0 Å². The molecule has 0 aliphatic rings. The molecule has 0 aromatic heterocycles. The van der Waals surface area contributed by atoms with Gasteiger partial charge in [-0.15, -0.1) is 0 Å². The normalized spacial score (nSPS) is 12.2. The Hall–Kier alpha value is 1.81. The van der Waals surface area contributed by atoms with E-state index >= 15 is 0 Å². The molecule has 0 aliphatic heterocycles. The van der Waals surface area contributed by atoms with Crippen LogP contribution in [0.25, 0.3) is 0 Å². The molecule has 0 bridgehead atoms. The van der Waals surface area contributed by atoms with E-state index in [4.69, 9.17) is 9.29 Å². The van der Waals surface area contributed by atoms with Crippen molar-refractivity contribution >= 4 is 66.7 Å². The second-order valence-electron chi connectivity index (χ2n) is 9.70. The molecular formula is C25H60O4P2SSn2. The molecule has 0 aromatic rings. The molecule has 0 saturated carbocycles. The average Bonchev–Trinajstić information content (AvgIpc) is 2.75. The first-order valence-corrected chi connectivity index (χ1v) is 31.7. The summed E-state index contributed by atoms with van der Waals surface area (Å²) in [5, 5.41) is 8.83. The fourth-order valence-electron chi connectivity index (χ4n) is 3.74. The summed E-state index contributed by atoms with van der Waals surface area (Å²) in [4.78, 5) is 4.98. The molecule has 2 atom stereocenters.